The van der Waals surface area contributed by atoms with Gasteiger partial charge in [-0.1, -0.05) is 20.8 Å². The van der Waals surface area contributed by atoms with E-state index in [4.69, 9.17) is 4.74 Å². The van der Waals surface area contributed by atoms with Crippen LogP contribution < -0.4 is 15.0 Å². The van der Waals surface area contributed by atoms with Crippen molar-refractivity contribution in [2.24, 2.45) is 5.41 Å². The zero-order valence-corrected chi connectivity index (χ0v) is 18.0. The maximum absolute atomic E-state index is 12.7. The number of aromatic nitrogens is 3. The minimum Gasteiger partial charge on any atom is -0.493 e. The highest BCUT2D eigenvalue weighted by atomic mass is 19.4. The summed E-state index contributed by atoms with van der Waals surface area (Å²) < 4.78 is 43.5. The molecule has 0 aliphatic carbocycles. The summed E-state index contributed by atoms with van der Waals surface area (Å²) in [6.07, 6.45) is -0.299. The molecule has 2 aromatic heterocycles. The van der Waals surface area contributed by atoms with Crippen molar-refractivity contribution in [1.82, 2.24) is 15.0 Å². The Kier molecular flexibility index (Phi) is 6.38. The minimum absolute atomic E-state index is 0.146. The van der Waals surface area contributed by atoms with E-state index in [0.717, 1.165) is 24.2 Å². The van der Waals surface area contributed by atoms with Gasteiger partial charge in [0.25, 0.3) is 0 Å². The van der Waals surface area contributed by atoms with Crippen molar-refractivity contribution in [3.63, 3.8) is 0 Å². The third-order valence-electron chi connectivity index (χ3n) is 4.73. The molecule has 31 heavy (non-hydrogen) atoms. The highest BCUT2D eigenvalue weighted by Crippen LogP contribution is 2.35. The minimum atomic E-state index is -4.57. The number of nitrogens with zero attached hydrogens (tertiary/aromatic N) is 4. The topological polar surface area (TPSA) is 80.2 Å². The highest BCUT2D eigenvalue weighted by Gasteiger charge is 2.34. The number of amides is 1. The second kappa shape index (κ2) is 8.68. The van der Waals surface area contributed by atoms with Crippen molar-refractivity contribution in [2.45, 2.75) is 52.8 Å². The molecule has 0 unspecified atom stereocenters. The molecule has 0 saturated heterocycles. The molecule has 1 amide bonds. The first kappa shape index (κ1) is 22.8. The molecule has 2 aromatic rings. The smallest absolute Gasteiger partial charge is 0.451 e. The van der Waals surface area contributed by atoms with Gasteiger partial charge in [-0.25, -0.2) is 15.0 Å². The zero-order chi connectivity index (χ0) is 22.8. The van der Waals surface area contributed by atoms with Gasteiger partial charge in [0.05, 0.1) is 18.5 Å². The number of hydrogen-bond acceptors (Lipinski definition) is 6. The molecular weight excluding hydrogens is 411 g/mol. The Labute approximate surface area is 179 Å². The van der Waals surface area contributed by atoms with E-state index in [1.807, 2.05) is 25.7 Å². The second-order valence-electron chi connectivity index (χ2n) is 8.73. The molecule has 1 aliphatic heterocycles. The fourth-order valence-electron chi connectivity index (χ4n) is 3.41. The van der Waals surface area contributed by atoms with Gasteiger partial charge in [0.1, 0.15) is 0 Å². The van der Waals surface area contributed by atoms with Crippen LogP contribution in [0.15, 0.2) is 18.5 Å². The van der Waals surface area contributed by atoms with Gasteiger partial charge < -0.3 is 15.0 Å². The van der Waals surface area contributed by atoms with Crippen molar-refractivity contribution in [1.29, 1.82) is 0 Å². The molecule has 0 spiro atoms. The third-order valence-corrected chi connectivity index (χ3v) is 4.73. The van der Waals surface area contributed by atoms with Crippen molar-refractivity contribution in [3.05, 3.63) is 35.5 Å². The number of rotatable bonds is 5. The Hall–Kier alpha value is -2.91. The van der Waals surface area contributed by atoms with Crippen molar-refractivity contribution in [3.8, 4) is 5.75 Å². The molecule has 3 rings (SSSR count). The lowest BCUT2D eigenvalue weighted by atomic mass is 9.92. The molecule has 7 nitrogen and oxygen atoms in total. The molecule has 3 heterocycles. The Morgan fingerprint density at radius 2 is 1.90 bits per heavy atom. The summed E-state index contributed by atoms with van der Waals surface area (Å²) in [7, 11) is 1.50. The highest BCUT2D eigenvalue weighted by molar-refractivity contribution is 5.92. The summed E-state index contributed by atoms with van der Waals surface area (Å²) in [5.74, 6) is -0.506. The lowest BCUT2D eigenvalue weighted by molar-refractivity contribution is -0.145. The molecule has 1 aliphatic rings. The van der Waals surface area contributed by atoms with Gasteiger partial charge in [-0.15, -0.1) is 0 Å². The van der Waals surface area contributed by atoms with E-state index < -0.39 is 12.0 Å². The lowest BCUT2D eigenvalue weighted by Crippen LogP contribution is -2.30. The fourth-order valence-corrected chi connectivity index (χ4v) is 3.41. The monoisotopic (exact) mass is 437 g/mol. The van der Waals surface area contributed by atoms with Gasteiger partial charge in [-0.05, 0) is 18.3 Å². The Morgan fingerprint density at radius 3 is 2.48 bits per heavy atom. The summed E-state index contributed by atoms with van der Waals surface area (Å²) in [4.78, 5) is 25.8. The molecule has 0 atom stereocenters. The van der Waals surface area contributed by atoms with Crippen LogP contribution >= 0.6 is 0 Å². The second-order valence-corrected chi connectivity index (χ2v) is 8.73. The lowest BCUT2D eigenvalue weighted by Gasteiger charge is -2.31. The molecule has 0 radical (unpaired) electrons. The van der Waals surface area contributed by atoms with Crippen LogP contribution in [0, 0.1) is 5.41 Å². The molecule has 10 heteroatoms. The Balaban J connectivity index is 1.82. The summed E-state index contributed by atoms with van der Waals surface area (Å²) in [5, 5.41) is 2.83. The van der Waals surface area contributed by atoms with Gasteiger partial charge in [-0.3, -0.25) is 4.79 Å². The van der Waals surface area contributed by atoms with E-state index in [2.05, 4.69) is 20.3 Å². The molecule has 0 saturated carbocycles. The summed E-state index contributed by atoms with van der Waals surface area (Å²) >= 11 is 0. The van der Waals surface area contributed by atoms with E-state index in [0.29, 0.717) is 36.6 Å². The average molecular weight is 437 g/mol. The largest absolute Gasteiger partial charge is 0.493 e. The van der Waals surface area contributed by atoms with Crippen LogP contribution in [0.25, 0.3) is 0 Å². The summed E-state index contributed by atoms with van der Waals surface area (Å²) in [5.41, 5.74) is 2.01. The molecule has 168 valence electrons. The fraction of sp³-hybridized carbons (Fsp3) is 0.524. The Bertz CT molecular complexity index is 940. The van der Waals surface area contributed by atoms with Crippen molar-refractivity contribution in [2.75, 3.05) is 23.9 Å². The van der Waals surface area contributed by atoms with Crippen LogP contribution in [0.2, 0.25) is 0 Å². The summed E-state index contributed by atoms with van der Waals surface area (Å²) in [6, 6.07) is 1.80. The number of carbonyl (C=O) groups excluding carboxylic acids is 1. The number of ether oxygens (including phenoxy) is 1. The van der Waals surface area contributed by atoms with Gasteiger partial charge >= 0.3 is 6.18 Å². The van der Waals surface area contributed by atoms with E-state index in [1.54, 1.807) is 6.07 Å². The number of aryl methyl sites for hydroxylation is 1. The van der Waals surface area contributed by atoms with Gasteiger partial charge in [0.15, 0.2) is 11.6 Å². The first-order chi connectivity index (χ1) is 14.5. The number of hydrogen-bond donors (Lipinski definition) is 1. The zero-order valence-electron chi connectivity index (χ0n) is 18.0. The number of pyridine rings is 1. The number of fused-ring (bicyclic) bond motifs is 1. The maximum Gasteiger partial charge on any atom is 0.451 e. The van der Waals surface area contributed by atoms with Gasteiger partial charge in [-0.2, -0.15) is 13.2 Å². The number of carbonyl (C=O) groups is 1. The van der Waals surface area contributed by atoms with E-state index in [9.17, 15) is 18.0 Å². The van der Waals surface area contributed by atoms with Crippen molar-refractivity contribution < 1.29 is 22.7 Å². The summed E-state index contributed by atoms with van der Waals surface area (Å²) in [6.45, 7) is 6.98. The van der Waals surface area contributed by atoms with Crippen LogP contribution in [0.4, 0.5) is 24.7 Å². The molecular formula is C21H26F3N5O2. The maximum atomic E-state index is 12.7. The van der Waals surface area contributed by atoms with Gasteiger partial charge in [0.2, 0.25) is 11.7 Å². The van der Waals surface area contributed by atoms with E-state index in [-0.39, 0.29) is 11.3 Å². The van der Waals surface area contributed by atoms with E-state index in [1.165, 1.54) is 19.5 Å². The average Bonchev–Trinajstić information content (AvgIpc) is 2.66. The normalized spacial score (nSPS) is 14.2. The first-order valence-electron chi connectivity index (χ1n) is 9.97. The molecule has 0 bridgehead atoms. The standard InChI is InChI=1S/C21H26F3N5O2/c1-20(2,3)9-17(30)28-18-16(31-4)8-15-14(27-18)6-5-7-29(15)12-13-10-25-19(26-11-13)21(22,23)24/h8,10-11H,5-7,9,12H2,1-4H3,(H,27,28,30). The first-order valence-corrected chi connectivity index (χ1v) is 9.97. The van der Waals surface area contributed by atoms with Crippen LogP contribution in [0.3, 0.4) is 0 Å². The van der Waals surface area contributed by atoms with Crippen LogP contribution in [-0.4, -0.2) is 34.5 Å². The van der Waals surface area contributed by atoms with Crippen molar-refractivity contribution >= 4 is 17.4 Å². The number of methoxy groups -OCH3 is 1. The van der Waals surface area contributed by atoms with Crippen LogP contribution in [-0.2, 0) is 23.9 Å². The van der Waals surface area contributed by atoms with E-state index >= 15 is 0 Å². The number of nitrogens with one attached hydrogen (secondary N) is 1. The van der Waals surface area contributed by atoms with Crippen LogP contribution in [0.1, 0.15) is 50.7 Å². The SMILES string of the molecule is COc1cc2c(nc1NC(=O)CC(C)(C)C)CCCN2Cc1cnc(C(F)(F)F)nc1. The molecule has 0 fully saturated rings. The quantitative estimate of drug-likeness (QED) is 0.754. The predicted molar refractivity (Wildman–Crippen MR) is 110 cm³/mol. The number of anilines is 2. The Morgan fingerprint density at radius 1 is 1.23 bits per heavy atom. The predicted octanol–water partition coefficient (Wildman–Crippen LogP) is 4.23. The number of alkyl halides is 3. The third kappa shape index (κ3) is 5.83. The van der Waals surface area contributed by atoms with Gasteiger partial charge in [0, 0.05) is 43.5 Å². The molecule has 1 N–H and O–H groups in total. The molecule has 0 aromatic carbocycles. The van der Waals surface area contributed by atoms with Crippen LogP contribution in [0.5, 0.6) is 5.75 Å². The number of halogens is 3.